The third kappa shape index (κ3) is 3.05. The maximum absolute atomic E-state index is 12.9. The monoisotopic (exact) mass is 345 g/mol. The van der Waals surface area contributed by atoms with Crippen molar-refractivity contribution in [1.82, 2.24) is 5.32 Å². The van der Waals surface area contributed by atoms with Gasteiger partial charge in [-0.05, 0) is 65.8 Å². The second-order valence-electron chi connectivity index (χ2n) is 6.98. The number of amides is 1. The molecular formula is C23H23NO2. The molecule has 1 atom stereocenters. The fraction of sp³-hybridized carbons (Fsp3) is 0.261. The Morgan fingerprint density at radius 2 is 1.73 bits per heavy atom. The lowest BCUT2D eigenvalue weighted by molar-refractivity contribution is 0.0937. The summed E-state index contributed by atoms with van der Waals surface area (Å²) >= 11 is 0. The number of carbonyl (C=O) groups excluding carboxylic acids is 1. The van der Waals surface area contributed by atoms with Crippen molar-refractivity contribution in [2.24, 2.45) is 0 Å². The minimum atomic E-state index is -0.111. The SMILES string of the molecule is COc1cc2ccccc2cc1C(=O)N[C@@H](C)c1ccc2c(c1)CCC2. The molecule has 1 amide bonds. The van der Waals surface area contributed by atoms with Crippen LogP contribution in [0.1, 0.15) is 46.4 Å². The van der Waals surface area contributed by atoms with Gasteiger partial charge < -0.3 is 10.1 Å². The lowest BCUT2D eigenvalue weighted by Gasteiger charge is -2.17. The van der Waals surface area contributed by atoms with Crippen LogP contribution in [0.15, 0.2) is 54.6 Å². The van der Waals surface area contributed by atoms with Gasteiger partial charge in [-0.3, -0.25) is 4.79 Å². The largest absolute Gasteiger partial charge is 0.496 e. The molecule has 3 nitrogen and oxygen atoms in total. The van der Waals surface area contributed by atoms with E-state index in [4.69, 9.17) is 4.74 Å². The van der Waals surface area contributed by atoms with E-state index in [2.05, 4.69) is 23.5 Å². The predicted octanol–water partition coefficient (Wildman–Crippen LogP) is 4.83. The van der Waals surface area contributed by atoms with Crippen molar-refractivity contribution in [3.05, 3.63) is 76.9 Å². The summed E-state index contributed by atoms with van der Waals surface area (Å²) in [6, 6.07) is 18.3. The van der Waals surface area contributed by atoms with Crippen molar-refractivity contribution >= 4 is 16.7 Å². The van der Waals surface area contributed by atoms with E-state index < -0.39 is 0 Å². The first-order valence-corrected chi connectivity index (χ1v) is 9.15. The van der Waals surface area contributed by atoms with E-state index in [0.717, 1.165) is 22.8 Å². The van der Waals surface area contributed by atoms with Crippen molar-refractivity contribution in [2.75, 3.05) is 7.11 Å². The van der Waals surface area contributed by atoms with Gasteiger partial charge in [0.2, 0.25) is 0 Å². The number of ether oxygens (including phenoxy) is 1. The summed E-state index contributed by atoms with van der Waals surface area (Å²) in [5.41, 5.74) is 4.59. The minimum Gasteiger partial charge on any atom is -0.496 e. The van der Waals surface area contributed by atoms with Gasteiger partial charge in [-0.1, -0.05) is 42.5 Å². The average molecular weight is 345 g/mol. The minimum absolute atomic E-state index is 0.0513. The summed E-state index contributed by atoms with van der Waals surface area (Å²) in [4.78, 5) is 12.9. The van der Waals surface area contributed by atoms with Crippen LogP contribution < -0.4 is 10.1 Å². The van der Waals surface area contributed by atoms with Crippen molar-refractivity contribution in [3.8, 4) is 5.75 Å². The topological polar surface area (TPSA) is 38.3 Å². The molecule has 0 spiro atoms. The summed E-state index contributed by atoms with van der Waals surface area (Å²) in [7, 11) is 1.60. The number of aryl methyl sites for hydroxylation is 2. The van der Waals surface area contributed by atoms with Crippen LogP contribution in [0.25, 0.3) is 10.8 Å². The number of hydrogen-bond donors (Lipinski definition) is 1. The number of rotatable bonds is 4. The van der Waals surface area contributed by atoms with Gasteiger partial charge >= 0.3 is 0 Å². The Kier molecular flexibility index (Phi) is 4.37. The number of hydrogen-bond acceptors (Lipinski definition) is 2. The molecule has 0 saturated heterocycles. The summed E-state index contributed by atoms with van der Waals surface area (Å²) in [5, 5.41) is 5.22. The summed E-state index contributed by atoms with van der Waals surface area (Å²) in [6.07, 6.45) is 3.54. The second-order valence-corrected chi connectivity index (χ2v) is 6.98. The molecule has 3 aromatic carbocycles. The van der Waals surface area contributed by atoms with Crippen LogP contribution in [0.3, 0.4) is 0 Å². The fourth-order valence-electron chi connectivity index (χ4n) is 3.78. The lowest BCUT2D eigenvalue weighted by atomic mass is 10.0. The van der Waals surface area contributed by atoms with Crippen molar-refractivity contribution in [2.45, 2.75) is 32.2 Å². The van der Waals surface area contributed by atoms with E-state index in [-0.39, 0.29) is 11.9 Å². The molecule has 1 N–H and O–H groups in total. The third-order valence-corrected chi connectivity index (χ3v) is 5.28. The van der Waals surface area contributed by atoms with E-state index in [1.807, 2.05) is 43.3 Å². The molecule has 26 heavy (non-hydrogen) atoms. The van der Waals surface area contributed by atoms with Crippen LogP contribution in [0.2, 0.25) is 0 Å². The maximum Gasteiger partial charge on any atom is 0.255 e. The molecule has 1 aliphatic carbocycles. The van der Waals surface area contributed by atoms with Gasteiger partial charge in [-0.25, -0.2) is 0 Å². The molecule has 0 aliphatic heterocycles. The van der Waals surface area contributed by atoms with Crippen LogP contribution >= 0.6 is 0 Å². The second kappa shape index (κ2) is 6.83. The first-order chi connectivity index (χ1) is 12.7. The lowest BCUT2D eigenvalue weighted by Crippen LogP contribution is -2.27. The Morgan fingerprint density at radius 3 is 2.50 bits per heavy atom. The Balaban J connectivity index is 1.60. The molecule has 1 aliphatic rings. The third-order valence-electron chi connectivity index (χ3n) is 5.28. The Bertz CT molecular complexity index is 977. The van der Waals surface area contributed by atoms with Gasteiger partial charge in [0.05, 0.1) is 18.7 Å². The van der Waals surface area contributed by atoms with Crippen LogP contribution in [-0.2, 0) is 12.8 Å². The van der Waals surface area contributed by atoms with Crippen LogP contribution in [-0.4, -0.2) is 13.0 Å². The van der Waals surface area contributed by atoms with Crippen LogP contribution in [0, 0.1) is 0 Å². The van der Waals surface area contributed by atoms with Gasteiger partial charge in [-0.15, -0.1) is 0 Å². The van der Waals surface area contributed by atoms with Gasteiger partial charge in [0.15, 0.2) is 0 Å². The molecule has 0 fully saturated rings. The quantitative estimate of drug-likeness (QED) is 0.735. The summed E-state index contributed by atoms with van der Waals surface area (Å²) in [5.74, 6) is 0.489. The Hall–Kier alpha value is -2.81. The zero-order valence-electron chi connectivity index (χ0n) is 15.2. The highest BCUT2D eigenvalue weighted by Crippen LogP contribution is 2.28. The predicted molar refractivity (Wildman–Crippen MR) is 105 cm³/mol. The van der Waals surface area contributed by atoms with Crippen molar-refractivity contribution in [1.29, 1.82) is 0 Å². The molecular weight excluding hydrogens is 322 g/mol. The summed E-state index contributed by atoms with van der Waals surface area (Å²) in [6.45, 7) is 2.03. The van der Waals surface area contributed by atoms with E-state index in [0.29, 0.717) is 11.3 Å². The van der Waals surface area contributed by atoms with Gasteiger partial charge in [0.25, 0.3) is 5.91 Å². The zero-order valence-corrected chi connectivity index (χ0v) is 15.2. The molecule has 3 heteroatoms. The van der Waals surface area contributed by atoms with Gasteiger partial charge in [0, 0.05) is 0 Å². The number of methoxy groups -OCH3 is 1. The molecule has 3 aromatic rings. The van der Waals surface area contributed by atoms with Gasteiger partial charge in [0.1, 0.15) is 5.75 Å². The summed E-state index contributed by atoms with van der Waals surface area (Å²) < 4.78 is 5.46. The molecule has 0 bridgehead atoms. The molecule has 0 radical (unpaired) electrons. The highest BCUT2D eigenvalue weighted by Gasteiger charge is 2.18. The molecule has 4 rings (SSSR count). The van der Waals surface area contributed by atoms with Crippen LogP contribution in [0.4, 0.5) is 0 Å². The molecule has 132 valence electrons. The number of nitrogens with one attached hydrogen (secondary N) is 1. The fourth-order valence-corrected chi connectivity index (χ4v) is 3.78. The van der Waals surface area contributed by atoms with Crippen molar-refractivity contribution in [3.63, 3.8) is 0 Å². The number of fused-ring (bicyclic) bond motifs is 2. The highest BCUT2D eigenvalue weighted by atomic mass is 16.5. The first kappa shape index (κ1) is 16.6. The molecule has 0 aromatic heterocycles. The molecule has 0 saturated carbocycles. The molecule has 0 unspecified atom stereocenters. The average Bonchev–Trinajstić information content (AvgIpc) is 3.14. The van der Waals surface area contributed by atoms with Crippen molar-refractivity contribution < 1.29 is 9.53 Å². The first-order valence-electron chi connectivity index (χ1n) is 9.15. The van der Waals surface area contributed by atoms with E-state index in [1.54, 1.807) is 7.11 Å². The van der Waals surface area contributed by atoms with E-state index in [9.17, 15) is 4.79 Å². The van der Waals surface area contributed by atoms with Crippen LogP contribution in [0.5, 0.6) is 5.75 Å². The van der Waals surface area contributed by atoms with E-state index >= 15 is 0 Å². The maximum atomic E-state index is 12.9. The number of carbonyl (C=O) groups is 1. The Labute approximate surface area is 154 Å². The normalized spacial score (nSPS) is 14.1. The highest BCUT2D eigenvalue weighted by molar-refractivity contribution is 6.01. The zero-order chi connectivity index (χ0) is 18.1. The van der Waals surface area contributed by atoms with Gasteiger partial charge in [-0.2, -0.15) is 0 Å². The standard InChI is InChI=1S/C23H23NO2/c1-15(17-11-10-16-8-5-9-18(16)12-17)24-23(25)21-13-19-6-3-4-7-20(19)14-22(21)26-2/h3-4,6-7,10-15H,5,8-9H2,1-2H3,(H,24,25)/t15-/m0/s1. The smallest absolute Gasteiger partial charge is 0.255 e. The number of benzene rings is 3. The Morgan fingerprint density at radius 1 is 1.00 bits per heavy atom. The van der Waals surface area contributed by atoms with E-state index in [1.165, 1.54) is 24.0 Å². The molecule has 0 heterocycles.